The number of benzene rings is 1. The standard InChI is InChI=1S/C15H20O4S/c1-10-4-6-13(7-5-10)15(16)12(3)20(17,18)14-8-9-19-11(14)2/h4-7,11-12,14H,8-9H2,1-3H3. The van der Waals surface area contributed by atoms with Crippen molar-refractivity contribution in [1.29, 1.82) is 0 Å². The number of aryl methyl sites for hydroxylation is 1. The highest BCUT2D eigenvalue weighted by atomic mass is 32.2. The number of ether oxygens (including phenoxy) is 1. The summed E-state index contributed by atoms with van der Waals surface area (Å²) in [6.07, 6.45) is 0.128. The molecule has 0 spiro atoms. The Bertz CT molecular complexity index is 589. The third-order valence-corrected chi connectivity index (χ3v) is 6.59. The van der Waals surface area contributed by atoms with Crippen LogP contribution in [0.1, 0.15) is 36.2 Å². The summed E-state index contributed by atoms with van der Waals surface area (Å²) in [6, 6.07) is 6.98. The van der Waals surface area contributed by atoms with E-state index in [1.165, 1.54) is 6.92 Å². The number of hydrogen-bond donors (Lipinski definition) is 0. The fourth-order valence-corrected chi connectivity index (χ4v) is 4.50. The van der Waals surface area contributed by atoms with E-state index in [0.29, 0.717) is 18.6 Å². The zero-order chi connectivity index (χ0) is 14.9. The molecular formula is C15H20O4S. The van der Waals surface area contributed by atoms with Gasteiger partial charge in [0.2, 0.25) is 0 Å². The number of Topliss-reactive ketones (excluding diaryl/α,β-unsaturated/α-hetero) is 1. The molecule has 0 radical (unpaired) electrons. The van der Waals surface area contributed by atoms with Crippen LogP contribution in [0.25, 0.3) is 0 Å². The maximum Gasteiger partial charge on any atom is 0.180 e. The largest absolute Gasteiger partial charge is 0.377 e. The fourth-order valence-electron chi connectivity index (χ4n) is 2.51. The molecule has 3 unspecified atom stereocenters. The zero-order valence-electron chi connectivity index (χ0n) is 12.0. The van der Waals surface area contributed by atoms with Crippen LogP contribution in [-0.4, -0.2) is 37.4 Å². The first-order valence-corrected chi connectivity index (χ1v) is 8.40. The van der Waals surface area contributed by atoms with Crippen LogP contribution >= 0.6 is 0 Å². The third kappa shape index (κ3) is 2.79. The molecule has 0 N–H and O–H groups in total. The van der Waals surface area contributed by atoms with Gasteiger partial charge in [-0.15, -0.1) is 0 Å². The highest BCUT2D eigenvalue weighted by Crippen LogP contribution is 2.25. The molecule has 4 nitrogen and oxygen atoms in total. The van der Waals surface area contributed by atoms with E-state index in [-0.39, 0.29) is 11.9 Å². The lowest BCUT2D eigenvalue weighted by Gasteiger charge is -2.19. The molecule has 1 saturated heterocycles. The number of sulfone groups is 1. The molecule has 1 aromatic carbocycles. The van der Waals surface area contributed by atoms with Crippen LogP contribution in [0.3, 0.4) is 0 Å². The summed E-state index contributed by atoms with van der Waals surface area (Å²) in [7, 11) is -3.52. The minimum atomic E-state index is -3.52. The van der Waals surface area contributed by atoms with Gasteiger partial charge in [0, 0.05) is 12.2 Å². The number of ketones is 1. The van der Waals surface area contributed by atoms with Crippen LogP contribution in [-0.2, 0) is 14.6 Å². The summed E-state index contributed by atoms with van der Waals surface area (Å²) >= 11 is 0. The van der Waals surface area contributed by atoms with E-state index in [2.05, 4.69) is 0 Å². The van der Waals surface area contributed by atoms with Crippen molar-refractivity contribution in [2.24, 2.45) is 0 Å². The lowest BCUT2D eigenvalue weighted by Crippen LogP contribution is -2.39. The highest BCUT2D eigenvalue weighted by molar-refractivity contribution is 7.93. The first-order valence-electron chi connectivity index (χ1n) is 6.79. The van der Waals surface area contributed by atoms with Crippen LogP contribution in [0, 0.1) is 6.92 Å². The van der Waals surface area contributed by atoms with Gasteiger partial charge < -0.3 is 4.74 Å². The van der Waals surface area contributed by atoms with Gasteiger partial charge in [0.15, 0.2) is 15.6 Å². The van der Waals surface area contributed by atoms with Gasteiger partial charge in [0.05, 0.1) is 11.4 Å². The Hall–Kier alpha value is -1.20. The summed E-state index contributed by atoms with van der Waals surface area (Å²) in [5.41, 5.74) is 1.48. The van der Waals surface area contributed by atoms with Crippen molar-refractivity contribution >= 4 is 15.6 Å². The average Bonchev–Trinajstić information content (AvgIpc) is 2.85. The molecule has 1 fully saturated rings. The van der Waals surface area contributed by atoms with Crippen molar-refractivity contribution in [3.63, 3.8) is 0 Å². The van der Waals surface area contributed by atoms with Gasteiger partial charge >= 0.3 is 0 Å². The predicted molar refractivity (Wildman–Crippen MR) is 77.7 cm³/mol. The molecule has 0 aromatic heterocycles. The molecule has 1 aliphatic rings. The Balaban J connectivity index is 2.23. The Morgan fingerprint density at radius 3 is 2.40 bits per heavy atom. The fraction of sp³-hybridized carbons (Fsp3) is 0.533. The maximum absolute atomic E-state index is 12.5. The van der Waals surface area contributed by atoms with Crippen molar-refractivity contribution in [3.05, 3.63) is 35.4 Å². The number of carbonyl (C=O) groups excluding carboxylic acids is 1. The molecule has 2 rings (SSSR count). The quantitative estimate of drug-likeness (QED) is 0.799. The molecular weight excluding hydrogens is 276 g/mol. The molecule has 0 aliphatic carbocycles. The lowest BCUT2D eigenvalue weighted by molar-refractivity contribution is 0.0990. The van der Waals surface area contributed by atoms with E-state index in [1.807, 2.05) is 19.1 Å². The first kappa shape index (κ1) is 15.2. The molecule has 1 aliphatic heterocycles. The van der Waals surface area contributed by atoms with Gasteiger partial charge in [-0.25, -0.2) is 8.42 Å². The van der Waals surface area contributed by atoms with Gasteiger partial charge in [0.1, 0.15) is 5.25 Å². The Morgan fingerprint density at radius 1 is 1.30 bits per heavy atom. The van der Waals surface area contributed by atoms with Gasteiger partial charge in [0.25, 0.3) is 0 Å². The number of hydrogen-bond acceptors (Lipinski definition) is 4. The molecule has 1 aromatic rings. The molecule has 1 heterocycles. The summed E-state index contributed by atoms with van der Waals surface area (Å²) < 4.78 is 30.4. The monoisotopic (exact) mass is 296 g/mol. The van der Waals surface area contributed by atoms with Crippen molar-refractivity contribution in [2.45, 2.75) is 43.8 Å². The van der Waals surface area contributed by atoms with Crippen LogP contribution in [0.5, 0.6) is 0 Å². The third-order valence-electron chi connectivity index (χ3n) is 3.93. The predicted octanol–water partition coefficient (Wildman–Crippen LogP) is 2.16. The molecule has 0 saturated carbocycles. The Morgan fingerprint density at radius 2 is 1.90 bits per heavy atom. The minimum Gasteiger partial charge on any atom is -0.377 e. The molecule has 20 heavy (non-hydrogen) atoms. The van der Waals surface area contributed by atoms with E-state index in [9.17, 15) is 13.2 Å². The Labute approximate surface area is 120 Å². The van der Waals surface area contributed by atoms with Crippen LogP contribution in [0.4, 0.5) is 0 Å². The summed E-state index contributed by atoms with van der Waals surface area (Å²) in [4.78, 5) is 12.3. The van der Waals surface area contributed by atoms with Crippen molar-refractivity contribution in [2.75, 3.05) is 6.61 Å². The van der Waals surface area contributed by atoms with Crippen molar-refractivity contribution < 1.29 is 17.9 Å². The van der Waals surface area contributed by atoms with Gasteiger partial charge in [-0.2, -0.15) is 0 Å². The Kier molecular flexibility index (Phi) is 4.30. The van der Waals surface area contributed by atoms with Crippen LogP contribution in [0.2, 0.25) is 0 Å². The normalized spacial score (nSPS) is 24.6. The van der Waals surface area contributed by atoms with Crippen LogP contribution < -0.4 is 0 Å². The van der Waals surface area contributed by atoms with Gasteiger partial charge in [-0.3, -0.25) is 4.79 Å². The zero-order valence-corrected chi connectivity index (χ0v) is 12.8. The van der Waals surface area contributed by atoms with Crippen molar-refractivity contribution in [3.8, 4) is 0 Å². The summed E-state index contributed by atoms with van der Waals surface area (Å²) in [5, 5.41) is -1.61. The highest BCUT2D eigenvalue weighted by Gasteiger charge is 2.41. The minimum absolute atomic E-state index is 0.340. The second-order valence-corrected chi connectivity index (χ2v) is 7.86. The van der Waals surface area contributed by atoms with E-state index < -0.39 is 20.3 Å². The summed E-state index contributed by atoms with van der Waals surface area (Å²) in [5.74, 6) is -0.343. The molecule has 0 bridgehead atoms. The van der Waals surface area contributed by atoms with Crippen LogP contribution in [0.15, 0.2) is 24.3 Å². The van der Waals surface area contributed by atoms with E-state index >= 15 is 0 Å². The van der Waals surface area contributed by atoms with Gasteiger partial charge in [-0.1, -0.05) is 29.8 Å². The number of carbonyl (C=O) groups is 1. The molecule has 5 heteroatoms. The molecule has 3 atom stereocenters. The van der Waals surface area contributed by atoms with E-state index in [1.54, 1.807) is 19.1 Å². The van der Waals surface area contributed by atoms with Crippen molar-refractivity contribution in [1.82, 2.24) is 0 Å². The SMILES string of the molecule is Cc1ccc(C(=O)C(C)S(=O)(=O)C2CCOC2C)cc1. The average molecular weight is 296 g/mol. The molecule has 0 amide bonds. The topological polar surface area (TPSA) is 60.4 Å². The van der Waals surface area contributed by atoms with E-state index in [0.717, 1.165) is 5.56 Å². The second-order valence-electron chi connectivity index (χ2n) is 5.36. The lowest BCUT2D eigenvalue weighted by atomic mass is 10.1. The molecule has 110 valence electrons. The number of rotatable bonds is 4. The first-order chi connectivity index (χ1) is 9.34. The maximum atomic E-state index is 12.5. The second kappa shape index (κ2) is 5.66. The van der Waals surface area contributed by atoms with E-state index in [4.69, 9.17) is 4.74 Å². The van der Waals surface area contributed by atoms with Gasteiger partial charge in [-0.05, 0) is 27.2 Å². The summed E-state index contributed by atoms with van der Waals surface area (Å²) in [6.45, 7) is 5.59. The smallest absolute Gasteiger partial charge is 0.180 e.